The summed E-state index contributed by atoms with van der Waals surface area (Å²) in [6.07, 6.45) is 0.969. The lowest BCUT2D eigenvalue weighted by Gasteiger charge is -2.42. The average Bonchev–Trinajstić information content (AvgIpc) is 2.85. The van der Waals surface area contributed by atoms with Crippen LogP contribution in [0.5, 0.6) is 5.75 Å². The molecule has 0 radical (unpaired) electrons. The molecule has 0 saturated carbocycles. The minimum Gasteiger partial charge on any atom is -0.497 e. The van der Waals surface area contributed by atoms with Gasteiger partial charge in [0.05, 0.1) is 13.7 Å². The van der Waals surface area contributed by atoms with Gasteiger partial charge < -0.3 is 14.5 Å². The van der Waals surface area contributed by atoms with Gasteiger partial charge in [0.15, 0.2) is 0 Å². The van der Waals surface area contributed by atoms with Crippen molar-refractivity contribution >= 4 is 17.8 Å². The first-order valence-electron chi connectivity index (χ1n) is 9.80. The van der Waals surface area contributed by atoms with E-state index in [9.17, 15) is 14.4 Å². The molecule has 1 spiro atoms. The first-order chi connectivity index (χ1) is 13.3. The van der Waals surface area contributed by atoms with Crippen molar-refractivity contribution in [2.24, 2.45) is 5.92 Å². The van der Waals surface area contributed by atoms with Gasteiger partial charge >= 0.3 is 6.03 Å². The van der Waals surface area contributed by atoms with Crippen LogP contribution in [0.2, 0.25) is 0 Å². The number of ether oxygens (including phenoxy) is 1. The Morgan fingerprint density at radius 1 is 1.21 bits per heavy atom. The van der Waals surface area contributed by atoms with E-state index in [0.717, 1.165) is 5.56 Å². The van der Waals surface area contributed by atoms with E-state index in [2.05, 4.69) is 0 Å². The second kappa shape index (κ2) is 7.81. The minimum absolute atomic E-state index is 0.00951. The number of carbonyl (C=O) groups excluding carboxylic acids is 3. The highest BCUT2D eigenvalue weighted by atomic mass is 16.5. The summed E-state index contributed by atoms with van der Waals surface area (Å²) in [5, 5.41) is 0. The fourth-order valence-electron chi connectivity index (χ4n) is 4.17. The maximum absolute atomic E-state index is 13.4. The Bertz CT molecular complexity index is 769. The second-order valence-corrected chi connectivity index (χ2v) is 8.07. The van der Waals surface area contributed by atoms with Crippen molar-refractivity contribution in [2.75, 3.05) is 26.7 Å². The molecule has 28 heavy (non-hydrogen) atoms. The van der Waals surface area contributed by atoms with Crippen LogP contribution < -0.4 is 4.74 Å². The van der Waals surface area contributed by atoms with E-state index in [1.807, 2.05) is 38.1 Å². The number of likely N-dealkylation sites (tertiary alicyclic amines) is 1. The molecule has 1 aromatic carbocycles. The van der Waals surface area contributed by atoms with Crippen LogP contribution in [-0.2, 0) is 16.1 Å². The Kier molecular flexibility index (Phi) is 5.63. The maximum Gasteiger partial charge on any atom is 0.327 e. The van der Waals surface area contributed by atoms with Crippen LogP contribution in [0.4, 0.5) is 4.79 Å². The van der Waals surface area contributed by atoms with E-state index < -0.39 is 5.54 Å². The van der Waals surface area contributed by atoms with Gasteiger partial charge in [0, 0.05) is 26.6 Å². The number of methoxy groups -OCH3 is 1. The molecule has 1 aromatic rings. The van der Waals surface area contributed by atoms with E-state index in [4.69, 9.17) is 4.74 Å². The molecule has 0 aromatic heterocycles. The predicted molar refractivity (Wildman–Crippen MR) is 105 cm³/mol. The summed E-state index contributed by atoms with van der Waals surface area (Å²) in [5.41, 5.74) is 0.00961. The number of rotatable bonds is 5. The number of hydrogen-bond acceptors (Lipinski definition) is 4. The molecule has 0 unspecified atom stereocenters. The third kappa shape index (κ3) is 3.57. The molecule has 2 fully saturated rings. The number of benzene rings is 1. The van der Waals surface area contributed by atoms with Gasteiger partial charge in [-0.2, -0.15) is 0 Å². The molecule has 2 saturated heterocycles. The van der Waals surface area contributed by atoms with Crippen LogP contribution in [0, 0.1) is 5.92 Å². The zero-order chi connectivity index (χ0) is 20.5. The number of urea groups is 1. The summed E-state index contributed by atoms with van der Waals surface area (Å²) in [5.74, 6) is 0.802. The molecule has 152 valence electrons. The number of hydrogen-bond donors (Lipinski definition) is 0. The van der Waals surface area contributed by atoms with Gasteiger partial charge in [0.25, 0.3) is 5.91 Å². The Morgan fingerprint density at radius 2 is 1.89 bits per heavy atom. The second-order valence-electron chi connectivity index (χ2n) is 8.07. The van der Waals surface area contributed by atoms with Crippen LogP contribution in [-0.4, -0.2) is 64.8 Å². The third-order valence-electron chi connectivity index (χ3n) is 5.68. The molecule has 7 nitrogen and oxygen atoms in total. The SMILES string of the molecule is COc1cccc(CN2C(=O)N(CC(C)C)C3(CCN(C(C)=O)CC3)C2=O)c1. The average molecular weight is 387 g/mol. The van der Waals surface area contributed by atoms with E-state index in [-0.39, 0.29) is 30.3 Å². The quantitative estimate of drug-likeness (QED) is 0.728. The standard InChI is InChI=1S/C21H29N3O4/c1-15(2)13-24-20(27)23(14-17-6-5-7-18(12-17)28-4)19(26)21(24)8-10-22(11-9-21)16(3)25/h5-7,12,15H,8-11,13-14H2,1-4H3. The number of imide groups is 1. The summed E-state index contributed by atoms with van der Waals surface area (Å²) in [6, 6.07) is 7.18. The smallest absolute Gasteiger partial charge is 0.327 e. The van der Waals surface area contributed by atoms with Crippen molar-refractivity contribution in [3.8, 4) is 5.75 Å². The highest BCUT2D eigenvalue weighted by Gasteiger charge is 2.58. The van der Waals surface area contributed by atoms with Gasteiger partial charge in [-0.05, 0) is 36.5 Å². The van der Waals surface area contributed by atoms with Gasteiger partial charge in [0.1, 0.15) is 11.3 Å². The first-order valence-corrected chi connectivity index (χ1v) is 9.80. The van der Waals surface area contributed by atoms with Gasteiger partial charge in [-0.1, -0.05) is 26.0 Å². The first kappa shape index (κ1) is 20.2. The minimum atomic E-state index is -0.841. The van der Waals surface area contributed by atoms with Crippen molar-refractivity contribution in [1.82, 2.24) is 14.7 Å². The third-order valence-corrected chi connectivity index (χ3v) is 5.68. The summed E-state index contributed by atoms with van der Waals surface area (Å²) in [4.78, 5) is 43.2. The maximum atomic E-state index is 13.4. The van der Waals surface area contributed by atoms with Crippen LogP contribution in [0.25, 0.3) is 0 Å². The molecule has 0 N–H and O–H groups in total. The van der Waals surface area contributed by atoms with Crippen LogP contribution >= 0.6 is 0 Å². The van der Waals surface area contributed by atoms with E-state index in [0.29, 0.717) is 38.2 Å². The van der Waals surface area contributed by atoms with Crippen molar-refractivity contribution in [2.45, 2.75) is 45.7 Å². The summed E-state index contributed by atoms with van der Waals surface area (Å²) >= 11 is 0. The van der Waals surface area contributed by atoms with Crippen molar-refractivity contribution in [3.05, 3.63) is 29.8 Å². The molecular formula is C21H29N3O4. The monoisotopic (exact) mass is 387 g/mol. The fourth-order valence-corrected chi connectivity index (χ4v) is 4.17. The molecule has 0 atom stereocenters. The van der Waals surface area contributed by atoms with Gasteiger partial charge in [-0.25, -0.2) is 4.79 Å². The molecular weight excluding hydrogens is 358 g/mol. The van der Waals surface area contributed by atoms with E-state index in [1.165, 1.54) is 4.90 Å². The van der Waals surface area contributed by atoms with Crippen LogP contribution in [0.15, 0.2) is 24.3 Å². The lowest BCUT2D eigenvalue weighted by atomic mass is 9.85. The Balaban J connectivity index is 1.88. The van der Waals surface area contributed by atoms with Crippen LogP contribution in [0.3, 0.4) is 0 Å². The molecule has 3 rings (SSSR count). The summed E-state index contributed by atoms with van der Waals surface area (Å²) in [6.45, 7) is 7.37. The number of piperidine rings is 1. The molecule has 0 aliphatic carbocycles. The van der Waals surface area contributed by atoms with Gasteiger partial charge in [-0.3, -0.25) is 14.5 Å². The Labute approximate surface area is 166 Å². The molecule has 2 aliphatic rings. The topological polar surface area (TPSA) is 70.2 Å². The van der Waals surface area contributed by atoms with Gasteiger partial charge in [-0.15, -0.1) is 0 Å². The molecule has 2 aliphatic heterocycles. The normalized spacial score (nSPS) is 19.1. The summed E-state index contributed by atoms with van der Waals surface area (Å²) < 4.78 is 5.25. The van der Waals surface area contributed by atoms with Crippen LogP contribution in [0.1, 0.15) is 39.2 Å². The highest BCUT2D eigenvalue weighted by molar-refractivity contribution is 6.07. The molecule has 7 heteroatoms. The lowest BCUT2D eigenvalue weighted by Crippen LogP contribution is -2.57. The Hall–Kier alpha value is -2.57. The van der Waals surface area contributed by atoms with E-state index in [1.54, 1.807) is 23.8 Å². The molecule has 2 heterocycles. The zero-order valence-electron chi connectivity index (χ0n) is 17.1. The number of amides is 4. The molecule has 0 bridgehead atoms. The van der Waals surface area contributed by atoms with Gasteiger partial charge in [0.2, 0.25) is 5.91 Å². The highest BCUT2D eigenvalue weighted by Crippen LogP contribution is 2.38. The number of nitrogens with zero attached hydrogens (tertiary/aromatic N) is 3. The van der Waals surface area contributed by atoms with Crippen molar-refractivity contribution < 1.29 is 19.1 Å². The van der Waals surface area contributed by atoms with Crippen molar-refractivity contribution in [3.63, 3.8) is 0 Å². The predicted octanol–water partition coefficient (Wildman–Crippen LogP) is 2.50. The Morgan fingerprint density at radius 3 is 2.46 bits per heavy atom. The fraction of sp³-hybridized carbons (Fsp3) is 0.571. The number of carbonyl (C=O) groups is 3. The zero-order valence-corrected chi connectivity index (χ0v) is 17.1. The molecule has 4 amide bonds. The van der Waals surface area contributed by atoms with E-state index >= 15 is 0 Å². The van der Waals surface area contributed by atoms with Crippen molar-refractivity contribution in [1.29, 1.82) is 0 Å². The largest absolute Gasteiger partial charge is 0.497 e. The lowest BCUT2D eigenvalue weighted by molar-refractivity contribution is -0.140. The summed E-state index contributed by atoms with van der Waals surface area (Å²) in [7, 11) is 1.59.